The van der Waals surface area contributed by atoms with Gasteiger partial charge in [0, 0.05) is 5.69 Å². The van der Waals surface area contributed by atoms with Gasteiger partial charge >= 0.3 is 0 Å². The standard InChI is InChI=1S/C24H22N2O5S2/c1-18-17-24(19(2)26(18)33(29,30)21-13-7-4-8-14-21)32(27,28)25-22-15-9-10-16-23(22)31-20-11-5-3-6-12-20/h3-17,25H,1-2H3. The maximum atomic E-state index is 13.3. The molecule has 1 N–H and O–H groups in total. The van der Waals surface area contributed by atoms with Crippen LogP contribution in [0.4, 0.5) is 5.69 Å². The summed E-state index contributed by atoms with van der Waals surface area (Å²) in [7, 11) is -8.08. The Kier molecular flexibility index (Phi) is 6.01. The van der Waals surface area contributed by atoms with E-state index in [-0.39, 0.29) is 26.9 Å². The smallest absolute Gasteiger partial charge is 0.268 e. The molecule has 0 saturated carbocycles. The molecule has 0 atom stereocenters. The van der Waals surface area contributed by atoms with Gasteiger partial charge in [0.25, 0.3) is 20.0 Å². The molecule has 33 heavy (non-hydrogen) atoms. The molecule has 0 unspecified atom stereocenters. The molecule has 4 aromatic rings. The molecule has 0 radical (unpaired) electrons. The van der Waals surface area contributed by atoms with Crippen molar-refractivity contribution in [1.82, 2.24) is 3.97 Å². The predicted molar refractivity (Wildman–Crippen MR) is 127 cm³/mol. The molecule has 0 bridgehead atoms. The van der Waals surface area contributed by atoms with Gasteiger partial charge < -0.3 is 4.74 Å². The minimum Gasteiger partial charge on any atom is -0.455 e. The van der Waals surface area contributed by atoms with E-state index in [0.29, 0.717) is 11.5 Å². The summed E-state index contributed by atoms with van der Waals surface area (Å²) in [6, 6.07) is 24.8. The van der Waals surface area contributed by atoms with Crippen LogP contribution in [0.25, 0.3) is 0 Å². The van der Waals surface area contributed by atoms with E-state index in [1.165, 1.54) is 25.1 Å². The van der Waals surface area contributed by atoms with Gasteiger partial charge in [-0.05, 0) is 56.3 Å². The number of rotatable bonds is 7. The Morgan fingerprint density at radius 3 is 2.00 bits per heavy atom. The number of hydrogen-bond acceptors (Lipinski definition) is 5. The molecule has 7 nitrogen and oxygen atoms in total. The maximum absolute atomic E-state index is 13.3. The van der Waals surface area contributed by atoms with Crippen molar-refractivity contribution in [3.8, 4) is 11.5 Å². The first kappa shape index (κ1) is 22.6. The molecule has 0 fully saturated rings. The fourth-order valence-corrected chi connectivity index (χ4v) is 6.55. The molecular formula is C24H22N2O5S2. The predicted octanol–water partition coefficient (Wildman–Crippen LogP) is 4.94. The van der Waals surface area contributed by atoms with Crippen LogP contribution in [0.1, 0.15) is 11.4 Å². The zero-order valence-electron chi connectivity index (χ0n) is 18.0. The van der Waals surface area contributed by atoms with Crippen LogP contribution in [0, 0.1) is 13.8 Å². The number of nitrogens with zero attached hydrogens (tertiary/aromatic N) is 1. The van der Waals surface area contributed by atoms with Crippen LogP contribution in [-0.4, -0.2) is 20.8 Å². The molecule has 1 aromatic heterocycles. The highest BCUT2D eigenvalue weighted by Gasteiger charge is 2.28. The zero-order valence-corrected chi connectivity index (χ0v) is 19.6. The van der Waals surface area contributed by atoms with E-state index in [2.05, 4.69) is 4.72 Å². The molecular weight excluding hydrogens is 460 g/mol. The number of hydrogen-bond donors (Lipinski definition) is 1. The Morgan fingerprint density at radius 2 is 1.33 bits per heavy atom. The monoisotopic (exact) mass is 482 g/mol. The summed E-state index contributed by atoms with van der Waals surface area (Å²) in [5.41, 5.74) is 0.605. The van der Waals surface area contributed by atoms with Crippen molar-refractivity contribution in [3.63, 3.8) is 0 Å². The van der Waals surface area contributed by atoms with Crippen molar-refractivity contribution in [3.05, 3.63) is 102 Å². The van der Waals surface area contributed by atoms with Crippen molar-refractivity contribution in [2.75, 3.05) is 4.72 Å². The van der Waals surface area contributed by atoms with E-state index < -0.39 is 20.0 Å². The van der Waals surface area contributed by atoms with E-state index in [1.807, 2.05) is 18.2 Å². The highest BCUT2D eigenvalue weighted by atomic mass is 32.2. The highest BCUT2D eigenvalue weighted by molar-refractivity contribution is 7.93. The lowest BCUT2D eigenvalue weighted by Crippen LogP contribution is -2.18. The maximum Gasteiger partial charge on any atom is 0.268 e. The first-order chi connectivity index (χ1) is 15.7. The van der Waals surface area contributed by atoms with Gasteiger partial charge in [-0.1, -0.05) is 48.5 Å². The number of benzene rings is 3. The molecule has 1 heterocycles. The van der Waals surface area contributed by atoms with E-state index in [0.717, 1.165) is 3.97 Å². The molecule has 9 heteroatoms. The summed E-state index contributed by atoms with van der Waals surface area (Å²) in [4.78, 5) is -0.0562. The highest BCUT2D eigenvalue weighted by Crippen LogP contribution is 2.32. The number of aryl methyl sites for hydroxylation is 1. The first-order valence-electron chi connectivity index (χ1n) is 10.0. The van der Waals surface area contributed by atoms with Gasteiger partial charge in [0.05, 0.1) is 16.3 Å². The van der Waals surface area contributed by atoms with Crippen LogP contribution in [0.2, 0.25) is 0 Å². The summed E-state index contributed by atoms with van der Waals surface area (Å²) in [5.74, 6) is 0.870. The minimum atomic E-state index is -4.12. The lowest BCUT2D eigenvalue weighted by Gasteiger charge is -2.14. The Hall–Kier alpha value is -3.56. The van der Waals surface area contributed by atoms with Gasteiger partial charge in [0.1, 0.15) is 10.6 Å². The van der Waals surface area contributed by atoms with Crippen molar-refractivity contribution in [2.24, 2.45) is 0 Å². The van der Waals surface area contributed by atoms with Crippen molar-refractivity contribution in [2.45, 2.75) is 23.6 Å². The van der Waals surface area contributed by atoms with Gasteiger partial charge in [-0.15, -0.1) is 0 Å². The molecule has 0 spiro atoms. The van der Waals surface area contributed by atoms with Crippen LogP contribution in [0.5, 0.6) is 11.5 Å². The quantitative estimate of drug-likeness (QED) is 0.403. The second kappa shape index (κ2) is 8.76. The number of para-hydroxylation sites is 3. The molecule has 0 aliphatic rings. The number of aromatic nitrogens is 1. The van der Waals surface area contributed by atoms with Gasteiger partial charge in [0.2, 0.25) is 0 Å². The third-order valence-electron chi connectivity index (χ3n) is 4.99. The largest absolute Gasteiger partial charge is 0.455 e. The number of ether oxygens (including phenoxy) is 1. The summed E-state index contributed by atoms with van der Waals surface area (Å²) in [6.07, 6.45) is 0. The lowest BCUT2D eigenvalue weighted by atomic mass is 10.3. The SMILES string of the molecule is Cc1cc(S(=O)(=O)Nc2ccccc2Oc2ccccc2)c(C)n1S(=O)(=O)c1ccccc1. The normalized spacial score (nSPS) is 11.8. The fraction of sp³-hybridized carbons (Fsp3) is 0.0833. The molecule has 4 rings (SSSR count). The molecule has 170 valence electrons. The summed E-state index contributed by atoms with van der Waals surface area (Å²) in [5, 5.41) is 0. The first-order valence-corrected chi connectivity index (χ1v) is 13.0. The van der Waals surface area contributed by atoms with Gasteiger partial charge in [0.15, 0.2) is 5.75 Å². The zero-order chi connectivity index (χ0) is 23.6. The second-order valence-corrected chi connectivity index (χ2v) is 10.8. The summed E-state index contributed by atoms with van der Waals surface area (Å²) < 4.78 is 62.3. The van der Waals surface area contributed by atoms with Gasteiger partial charge in [-0.3, -0.25) is 4.72 Å². The van der Waals surface area contributed by atoms with Crippen LogP contribution in [0.15, 0.2) is 101 Å². The van der Waals surface area contributed by atoms with E-state index >= 15 is 0 Å². The van der Waals surface area contributed by atoms with Crippen molar-refractivity contribution < 1.29 is 21.6 Å². The average molecular weight is 483 g/mol. The third-order valence-corrected chi connectivity index (χ3v) is 8.39. The van der Waals surface area contributed by atoms with Crippen LogP contribution in [0.3, 0.4) is 0 Å². The van der Waals surface area contributed by atoms with Crippen LogP contribution < -0.4 is 9.46 Å². The molecule has 0 saturated heterocycles. The Morgan fingerprint density at radius 1 is 0.758 bits per heavy atom. The molecule has 0 amide bonds. The molecule has 3 aromatic carbocycles. The average Bonchev–Trinajstić information content (AvgIpc) is 3.12. The number of nitrogens with one attached hydrogen (secondary N) is 1. The van der Waals surface area contributed by atoms with Crippen LogP contribution >= 0.6 is 0 Å². The Bertz CT molecular complexity index is 1500. The number of sulfonamides is 1. The lowest BCUT2D eigenvalue weighted by molar-refractivity contribution is 0.485. The van der Waals surface area contributed by atoms with Crippen LogP contribution in [-0.2, 0) is 20.0 Å². The minimum absolute atomic E-state index is 0.0744. The van der Waals surface area contributed by atoms with E-state index in [4.69, 9.17) is 4.74 Å². The third kappa shape index (κ3) is 4.50. The topological polar surface area (TPSA) is 94.5 Å². The van der Waals surface area contributed by atoms with E-state index in [9.17, 15) is 16.8 Å². The molecule has 0 aliphatic carbocycles. The van der Waals surface area contributed by atoms with Gasteiger partial charge in [-0.25, -0.2) is 20.8 Å². The Balaban J connectivity index is 1.71. The molecule has 0 aliphatic heterocycles. The van der Waals surface area contributed by atoms with Crippen molar-refractivity contribution in [1.29, 1.82) is 0 Å². The van der Waals surface area contributed by atoms with E-state index in [1.54, 1.807) is 61.5 Å². The fourth-order valence-electron chi connectivity index (χ4n) is 3.51. The second-order valence-electron chi connectivity index (χ2n) is 7.33. The summed E-state index contributed by atoms with van der Waals surface area (Å²) in [6.45, 7) is 3.02. The Labute approximate surface area is 193 Å². The van der Waals surface area contributed by atoms with Gasteiger partial charge in [-0.2, -0.15) is 0 Å². The summed E-state index contributed by atoms with van der Waals surface area (Å²) >= 11 is 0. The number of anilines is 1. The van der Waals surface area contributed by atoms with Crippen molar-refractivity contribution >= 4 is 25.7 Å².